The summed E-state index contributed by atoms with van der Waals surface area (Å²) in [6.07, 6.45) is 12.9. The van der Waals surface area contributed by atoms with Crippen LogP contribution in [0.25, 0.3) is 10.9 Å². The molecule has 15 nitrogen and oxygen atoms in total. The smallest absolute Gasteiger partial charge is 0.328 e. The molecule has 16 heteroatoms. The van der Waals surface area contributed by atoms with Gasteiger partial charge in [-0.2, -0.15) is 10.4 Å². The van der Waals surface area contributed by atoms with Gasteiger partial charge in [0, 0.05) is 63.2 Å². The third kappa shape index (κ3) is 8.20. The Morgan fingerprint density at radius 2 is 1.75 bits per heavy atom. The van der Waals surface area contributed by atoms with Crippen molar-refractivity contribution >= 4 is 51.9 Å². The molecule has 6 heterocycles. The Hall–Kier alpha value is -5.33. The van der Waals surface area contributed by atoms with Crippen molar-refractivity contribution in [2.24, 2.45) is 5.92 Å². The van der Waals surface area contributed by atoms with Crippen molar-refractivity contribution in [1.82, 2.24) is 40.5 Å². The number of carbonyl (C=O) groups is 3. The molecule has 1 aromatic carbocycles. The van der Waals surface area contributed by atoms with Crippen LogP contribution in [-0.4, -0.2) is 99.1 Å². The summed E-state index contributed by atoms with van der Waals surface area (Å²) in [5.74, 6) is 1.58. The first-order chi connectivity index (χ1) is 26.8. The van der Waals surface area contributed by atoms with Crippen molar-refractivity contribution in [2.75, 3.05) is 49.1 Å². The van der Waals surface area contributed by atoms with Crippen LogP contribution >= 0.6 is 11.6 Å². The molecule has 2 N–H and O–H groups in total. The molecule has 4 aliphatic rings. The van der Waals surface area contributed by atoms with Gasteiger partial charge in [0.05, 0.1) is 52.5 Å². The van der Waals surface area contributed by atoms with Crippen molar-refractivity contribution in [3.05, 3.63) is 65.2 Å². The number of anilines is 2. The largest absolute Gasteiger partial charge is 0.490 e. The number of fused-ring (bicyclic) bond motifs is 1. The van der Waals surface area contributed by atoms with E-state index in [4.69, 9.17) is 26.7 Å². The van der Waals surface area contributed by atoms with Crippen molar-refractivity contribution < 1.29 is 19.1 Å². The summed E-state index contributed by atoms with van der Waals surface area (Å²) in [5.41, 5.74) is 2.32. The van der Waals surface area contributed by atoms with E-state index in [1.807, 2.05) is 18.5 Å². The summed E-state index contributed by atoms with van der Waals surface area (Å²) in [5, 5.41) is 29.3. The van der Waals surface area contributed by atoms with Crippen LogP contribution in [0.3, 0.4) is 0 Å². The van der Waals surface area contributed by atoms with E-state index in [2.05, 4.69) is 46.4 Å². The van der Waals surface area contributed by atoms with E-state index in [0.717, 1.165) is 101 Å². The van der Waals surface area contributed by atoms with E-state index in [0.29, 0.717) is 40.2 Å². The predicted octanol–water partition coefficient (Wildman–Crippen LogP) is 4.87. The Morgan fingerprint density at radius 3 is 2.45 bits per heavy atom. The molecule has 4 aromatic rings. The topological polar surface area (TPSA) is 174 Å². The van der Waals surface area contributed by atoms with Crippen LogP contribution in [0, 0.1) is 17.2 Å². The Labute approximate surface area is 324 Å². The lowest BCUT2D eigenvalue weighted by atomic mass is 9.92. The number of aromatic nitrogens is 5. The quantitative estimate of drug-likeness (QED) is 0.238. The fourth-order valence-electron chi connectivity index (χ4n) is 8.35. The van der Waals surface area contributed by atoms with Crippen LogP contribution in [0.5, 0.6) is 5.75 Å². The lowest BCUT2D eigenvalue weighted by molar-refractivity contribution is -0.120. The molecule has 0 unspecified atom stereocenters. The van der Waals surface area contributed by atoms with E-state index in [-0.39, 0.29) is 36.4 Å². The lowest BCUT2D eigenvalue weighted by Crippen LogP contribution is -2.49. The molecule has 4 amide bonds. The summed E-state index contributed by atoms with van der Waals surface area (Å²) in [4.78, 5) is 48.0. The normalized spacial score (nSPS) is 21.7. The second kappa shape index (κ2) is 16.2. The highest BCUT2D eigenvalue weighted by molar-refractivity contribution is 6.31. The lowest BCUT2D eigenvalue weighted by Gasteiger charge is -2.38. The molecule has 0 spiro atoms. The number of piperidine rings is 2. The number of rotatable bonds is 9. The van der Waals surface area contributed by atoms with Crippen molar-refractivity contribution in [2.45, 2.75) is 76.0 Å². The summed E-state index contributed by atoms with van der Waals surface area (Å²) < 4.78 is 8.14. The summed E-state index contributed by atoms with van der Waals surface area (Å²) >= 11 is 6.15. The van der Waals surface area contributed by atoms with E-state index >= 15 is 0 Å². The third-order valence-corrected chi connectivity index (χ3v) is 11.8. The molecule has 3 aliphatic heterocycles. The number of likely N-dealkylation sites (tertiary alicyclic amines) is 1. The zero-order valence-corrected chi connectivity index (χ0v) is 31.3. The number of urea groups is 1. The number of hydrogen-bond acceptors (Lipinski definition) is 11. The van der Waals surface area contributed by atoms with Crippen LogP contribution in [0.4, 0.5) is 16.3 Å². The number of benzene rings is 1. The highest BCUT2D eigenvalue weighted by atomic mass is 35.5. The van der Waals surface area contributed by atoms with Crippen LogP contribution in [0.1, 0.15) is 79.9 Å². The molecular weight excluding hydrogens is 722 g/mol. The zero-order valence-electron chi connectivity index (χ0n) is 30.6. The van der Waals surface area contributed by atoms with Gasteiger partial charge in [-0.05, 0) is 81.5 Å². The predicted molar refractivity (Wildman–Crippen MR) is 205 cm³/mol. The van der Waals surface area contributed by atoms with E-state index in [1.165, 1.54) is 0 Å². The minimum atomic E-state index is -0.421. The van der Waals surface area contributed by atoms with Gasteiger partial charge in [0.15, 0.2) is 11.5 Å². The third-order valence-electron chi connectivity index (χ3n) is 11.5. The fraction of sp³-hybridized carbons (Fsp3) is 0.487. The summed E-state index contributed by atoms with van der Waals surface area (Å²) in [7, 11) is 0. The van der Waals surface area contributed by atoms with Gasteiger partial charge >= 0.3 is 6.03 Å². The first kappa shape index (κ1) is 36.6. The molecule has 0 radical (unpaired) electrons. The number of pyridine rings is 1. The second-order valence-corrected chi connectivity index (χ2v) is 15.4. The van der Waals surface area contributed by atoms with Gasteiger partial charge in [0.1, 0.15) is 11.8 Å². The first-order valence-corrected chi connectivity index (χ1v) is 19.6. The minimum Gasteiger partial charge on any atom is -0.490 e. The van der Waals surface area contributed by atoms with Crippen molar-refractivity contribution in [3.8, 4) is 11.8 Å². The zero-order chi connectivity index (χ0) is 37.9. The van der Waals surface area contributed by atoms with Gasteiger partial charge in [0.25, 0.3) is 5.91 Å². The maximum absolute atomic E-state index is 13.0. The maximum Gasteiger partial charge on any atom is 0.328 e. The summed E-state index contributed by atoms with van der Waals surface area (Å²) in [6.45, 7) is 5.19. The van der Waals surface area contributed by atoms with Crippen LogP contribution in [0.15, 0.2) is 48.9 Å². The molecule has 3 saturated heterocycles. The molecule has 0 atom stereocenters. The van der Waals surface area contributed by atoms with Crippen LogP contribution in [-0.2, 0) is 4.79 Å². The van der Waals surface area contributed by atoms with Gasteiger partial charge in [-0.15, -0.1) is 10.2 Å². The van der Waals surface area contributed by atoms with Crippen molar-refractivity contribution in [1.29, 1.82) is 5.26 Å². The number of nitrogens with one attached hydrogen (secondary N) is 2. The molecule has 0 bridgehead atoms. The molecule has 4 fully saturated rings. The van der Waals surface area contributed by atoms with Crippen LogP contribution in [0.2, 0.25) is 5.02 Å². The average Bonchev–Trinajstić information content (AvgIpc) is 3.64. The van der Waals surface area contributed by atoms with E-state index < -0.39 is 6.03 Å². The van der Waals surface area contributed by atoms with Gasteiger partial charge in [-0.25, -0.2) is 4.79 Å². The van der Waals surface area contributed by atoms with Gasteiger partial charge in [-0.1, -0.05) is 11.6 Å². The number of imide groups is 1. The molecule has 1 aliphatic carbocycles. The number of nitriles is 1. The average molecular weight is 766 g/mol. The summed E-state index contributed by atoms with van der Waals surface area (Å²) in [6, 6.07) is 10.7. The second-order valence-electron chi connectivity index (χ2n) is 15.0. The monoisotopic (exact) mass is 765 g/mol. The van der Waals surface area contributed by atoms with E-state index in [1.54, 1.807) is 35.4 Å². The number of nitrogens with zero attached hydrogens (tertiary/aromatic N) is 9. The van der Waals surface area contributed by atoms with Gasteiger partial charge < -0.3 is 19.9 Å². The minimum absolute atomic E-state index is 0.0309. The Kier molecular flexibility index (Phi) is 10.8. The van der Waals surface area contributed by atoms with Crippen LogP contribution < -0.4 is 25.2 Å². The Morgan fingerprint density at radius 1 is 0.945 bits per heavy atom. The number of halogens is 1. The highest BCUT2D eigenvalue weighted by Crippen LogP contribution is 2.33. The molecule has 8 rings (SSSR count). The number of hydrogen-bond donors (Lipinski definition) is 2. The number of amides is 4. The molecular formula is C39H44ClN11O4. The standard InChI is InChI=1S/C39H44ClN11O4/c40-32-19-30(4-1-26(32)20-41)55-29-5-2-27(3-6-29)44-38(53)33-7-8-36(47-46-33)49-16-9-25(10-17-49)24-48-14-11-28(12-15-48)51-35-23-42-22-34(31(35)21-43-51)50-18-13-37(52)45-39(50)54/h1,4,7-8,19,21-23,25,27-29H,2-3,5-6,9-18,24H2,(H,44,53)(H,45,52,54)/t27-,29-. The van der Waals surface area contributed by atoms with Crippen molar-refractivity contribution in [3.63, 3.8) is 0 Å². The molecule has 286 valence electrons. The molecule has 55 heavy (non-hydrogen) atoms. The van der Waals surface area contributed by atoms with Gasteiger partial charge in [-0.3, -0.25) is 29.5 Å². The first-order valence-electron chi connectivity index (χ1n) is 19.2. The maximum atomic E-state index is 13.0. The SMILES string of the molecule is N#Cc1ccc(O[C@H]2CC[C@H](NC(=O)c3ccc(N4CCC(CN5CCC(n6ncc7c(N8CCC(=O)NC8=O)cncc76)CC5)CC4)nn3)CC2)cc1Cl. The van der Waals surface area contributed by atoms with E-state index in [9.17, 15) is 14.4 Å². The molecule has 1 saturated carbocycles. The number of ether oxygens (including phenoxy) is 1. The molecule has 3 aromatic heterocycles. The highest BCUT2D eigenvalue weighted by Gasteiger charge is 2.30. The number of carbonyl (C=O) groups excluding carboxylic acids is 3. The van der Waals surface area contributed by atoms with Gasteiger partial charge in [0.2, 0.25) is 5.91 Å². The Balaban J connectivity index is 0.760. The fourth-order valence-corrected chi connectivity index (χ4v) is 8.57. The Bertz CT molecular complexity index is 2080.